The number of H-pyrrole nitrogens is 1. The second-order valence-electron chi connectivity index (χ2n) is 8.64. The van der Waals surface area contributed by atoms with Gasteiger partial charge >= 0.3 is 0 Å². The molecule has 1 aromatic heterocycles. The lowest BCUT2D eigenvalue weighted by atomic mass is 10.0. The average Bonchev–Trinajstić information content (AvgIpc) is 3.26. The Morgan fingerprint density at radius 1 is 1.11 bits per heavy atom. The number of nitrogens with one attached hydrogen (secondary N) is 3. The summed E-state index contributed by atoms with van der Waals surface area (Å²) in [7, 11) is -2.37. The fourth-order valence-corrected chi connectivity index (χ4v) is 6.10. The van der Waals surface area contributed by atoms with Crippen molar-refractivity contribution < 1.29 is 22.7 Å². The van der Waals surface area contributed by atoms with Crippen LogP contribution in [-0.4, -0.2) is 55.8 Å². The number of amides is 2. The number of nitrogens with zero attached hydrogens (tertiary/aromatic N) is 1. The van der Waals surface area contributed by atoms with Crippen LogP contribution in [0.5, 0.6) is 5.75 Å². The Morgan fingerprint density at radius 3 is 2.57 bits per heavy atom. The van der Waals surface area contributed by atoms with Crippen molar-refractivity contribution >= 4 is 38.4 Å². The van der Waals surface area contributed by atoms with E-state index in [1.54, 1.807) is 6.07 Å². The predicted molar refractivity (Wildman–Crippen MR) is 134 cm³/mol. The van der Waals surface area contributed by atoms with Crippen LogP contribution in [0, 0.1) is 0 Å². The molecule has 3 N–H and O–H groups in total. The van der Waals surface area contributed by atoms with Gasteiger partial charge in [0.15, 0.2) is 0 Å². The molecule has 1 saturated heterocycles. The van der Waals surface area contributed by atoms with Gasteiger partial charge in [-0.15, -0.1) is 0 Å². The van der Waals surface area contributed by atoms with Gasteiger partial charge in [-0.05, 0) is 42.7 Å². The van der Waals surface area contributed by atoms with Crippen LogP contribution in [0.1, 0.15) is 31.7 Å². The lowest BCUT2D eigenvalue weighted by Gasteiger charge is -2.26. The summed E-state index contributed by atoms with van der Waals surface area (Å²) in [5, 5.41) is 6.45. The molecule has 2 heterocycles. The number of ether oxygens (including phenoxy) is 1. The standard InChI is InChI=1S/C25H30N4O5S/c1-17(30)27-22(14-18-16-26-21-9-5-4-8-20(18)21)25(31)28-19-10-11-23(34-2)24(15-19)35(32,33)29-12-6-3-7-13-29/h4-5,8-11,15-16,22,26H,3,6-7,12-14H2,1-2H3,(H,27,30)(H,28,31)/t22-/m0/s1. The number of sulfonamides is 1. The summed E-state index contributed by atoms with van der Waals surface area (Å²) in [4.78, 5) is 28.2. The molecule has 1 fully saturated rings. The van der Waals surface area contributed by atoms with E-state index >= 15 is 0 Å². The van der Waals surface area contributed by atoms with E-state index in [0.717, 1.165) is 35.7 Å². The summed E-state index contributed by atoms with van der Waals surface area (Å²) >= 11 is 0. The summed E-state index contributed by atoms with van der Waals surface area (Å²) < 4.78 is 33.4. The van der Waals surface area contributed by atoms with Crippen molar-refractivity contribution in [2.24, 2.45) is 0 Å². The van der Waals surface area contributed by atoms with Crippen LogP contribution in [0.25, 0.3) is 10.9 Å². The number of hydrogen-bond acceptors (Lipinski definition) is 5. The summed E-state index contributed by atoms with van der Waals surface area (Å²) in [6.07, 6.45) is 4.71. The zero-order valence-corrected chi connectivity index (χ0v) is 20.7. The number of piperidine rings is 1. The number of carbonyl (C=O) groups excluding carboxylic acids is 2. The van der Waals surface area contributed by atoms with E-state index in [4.69, 9.17) is 4.74 Å². The summed E-state index contributed by atoms with van der Waals surface area (Å²) in [5.41, 5.74) is 2.13. The number of benzene rings is 2. The number of anilines is 1. The molecule has 1 aliphatic heterocycles. The molecule has 0 saturated carbocycles. The number of aromatic nitrogens is 1. The van der Waals surface area contributed by atoms with Gasteiger partial charge in [0.05, 0.1) is 7.11 Å². The number of carbonyl (C=O) groups is 2. The monoisotopic (exact) mass is 498 g/mol. The molecule has 1 aliphatic rings. The first-order valence-corrected chi connectivity index (χ1v) is 13.0. The van der Waals surface area contributed by atoms with Crippen LogP contribution in [-0.2, 0) is 26.0 Å². The van der Waals surface area contributed by atoms with Crippen molar-refractivity contribution in [1.29, 1.82) is 0 Å². The van der Waals surface area contributed by atoms with E-state index in [0.29, 0.717) is 18.8 Å². The van der Waals surface area contributed by atoms with Gasteiger partial charge in [0.1, 0.15) is 16.7 Å². The van der Waals surface area contributed by atoms with Gasteiger partial charge in [-0.25, -0.2) is 8.42 Å². The summed E-state index contributed by atoms with van der Waals surface area (Å²) in [6.45, 7) is 2.26. The number of methoxy groups -OCH3 is 1. The zero-order valence-electron chi connectivity index (χ0n) is 19.8. The van der Waals surface area contributed by atoms with Crippen molar-refractivity contribution in [3.63, 3.8) is 0 Å². The highest BCUT2D eigenvalue weighted by molar-refractivity contribution is 7.89. The van der Waals surface area contributed by atoms with E-state index in [1.807, 2.05) is 30.5 Å². The molecule has 0 bridgehead atoms. The van der Waals surface area contributed by atoms with Crippen LogP contribution < -0.4 is 15.4 Å². The molecule has 9 nitrogen and oxygen atoms in total. The van der Waals surface area contributed by atoms with Crippen LogP contribution in [0.3, 0.4) is 0 Å². The summed E-state index contributed by atoms with van der Waals surface area (Å²) in [5.74, 6) is -0.573. The highest BCUT2D eigenvalue weighted by Crippen LogP contribution is 2.31. The van der Waals surface area contributed by atoms with Crippen molar-refractivity contribution in [2.45, 2.75) is 43.5 Å². The highest BCUT2D eigenvalue weighted by atomic mass is 32.2. The average molecular weight is 499 g/mol. The third-order valence-corrected chi connectivity index (χ3v) is 8.08. The minimum atomic E-state index is -3.78. The second kappa shape index (κ2) is 10.5. The third-order valence-electron chi connectivity index (χ3n) is 6.16. The molecule has 35 heavy (non-hydrogen) atoms. The SMILES string of the molecule is COc1ccc(NC(=O)[C@H](Cc2c[nH]c3ccccc23)NC(C)=O)cc1S(=O)(=O)N1CCCCC1. The smallest absolute Gasteiger partial charge is 0.247 e. The Bertz CT molecular complexity index is 1330. The van der Waals surface area contributed by atoms with Gasteiger partial charge in [-0.1, -0.05) is 24.6 Å². The van der Waals surface area contributed by atoms with Crippen molar-refractivity contribution in [3.8, 4) is 5.75 Å². The molecular formula is C25H30N4O5S. The third kappa shape index (κ3) is 5.49. The summed E-state index contributed by atoms with van der Waals surface area (Å²) in [6, 6.07) is 11.4. The minimum Gasteiger partial charge on any atom is -0.495 e. The van der Waals surface area contributed by atoms with Crippen molar-refractivity contribution in [2.75, 3.05) is 25.5 Å². The predicted octanol–water partition coefficient (Wildman–Crippen LogP) is 3.04. The Hall–Kier alpha value is -3.37. The van der Waals surface area contributed by atoms with Crippen LogP contribution in [0.15, 0.2) is 53.6 Å². The van der Waals surface area contributed by atoms with Gasteiger partial charge in [-0.2, -0.15) is 4.31 Å². The number of hydrogen-bond donors (Lipinski definition) is 3. The Labute approximate surface area is 204 Å². The van der Waals surface area contributed by atoms with E-state index < -0.39 is 22.0 Å². The molecule has 0 spiro atoms. The molecule has 2 amide bonds. The second-order valence-corrected chi connectivity index (χ2v) is 10.5. The van der Waals surface area contributed by atoms with E-state index in [1.165, 1.54) is 30.5 Å². The molecule has 0 unspecified atom stereocenters. The molecule has 4 rings (SSSR count). The molecule has 1 atom stereocenters. The number of aromatic amines is 1. The first-order valence-electron chi connectivity index (χ1n) is 11.6. The first-order chi connectivity index (χ1) is 16.8. The highest BCUT2D eigenvalue weighted by Gasteiger charge is 2.30. The fraction of sp³-hybridized carbons (Fsp3) is 0.360. The fourth-order valence-electron chi connectivity index (χ4n) is 4.40. The van der Waals surface area contributed by atoms with Gasteiger partial charge in [0, 0.05) is 49.2 Å². The Balaban J connectivity index is 1.59. The van der Waals surface area contributed by atoms with Crippen molar-refractivity contribution in [1.82, 2.24) is 14.6 Å². The normalized spacial score (nSPS) is 15.5. The maximum Gasteiger partial charge on any atom is 0.247 e. The number of rotatable bonds is 8. The molecule has 10 heteroatoms. The van der Waals surface area contributed by atoms with Gasteiger partial charge in [0.25, 0.3) is 0 Å². The van der Waals surface area contributed by atoms with Crippen molar-refractivity contribution in [3.05, 3.63) is 54.2 Å². The molecule has 0 aliphatic carbocycles. The van der Waals surface area contributed by atoms with E-state index in [2.05, 4.69) is 15.6 Å². The Morgan fingerprint density at radius 2 is 1.86 bits per heavy atom. The number of para-hydroxylation sites is 1. The van der Waals surface area contributed by atoms with E-state index in [-0.39, 0.29) is 23.0 Å². The van der Waals surface area contributed by atoms with Crippen LogP contribution >= 0.6 is 0 Å². The molecule has 0 radical (unpaired) electrons. The number of fused-ring (bicyclic) bond motifs is 1. The quantitative estimate of drug-likeness (QED) is 0.441. The first kappa shape index (κ1) is 24.7. The van der Waals surface area contributed by atoms with E-state index in [9.17, 15) is 18.0 Å². The van der Waals surface area contributed by atoms with Crippen LogP contribution in [0.2, 0.25) is 0 Å². The molecular weight excluding hydrogens is 468 g/mol. The maximum atomic E-state index is 13.3. The van der Waals surface area contributed by atoms with Gasteiger partial charge < -0.3 is 20.4 Å². The van der Waals surface area contributed by atoms with Crippen LogP contribution in [0.4, 0.5) is 5.69 Å². The Kier molecular flexibility index (Phi) is 7.42. The molecule has 186 valence electrons. The van der Waals surface area contributed by atoms with Gasteiger partial charge in [0.2, 0.25) is 21.8 Å². The molecule has 2 aromatic carbocycles. The largest absolute Gasteiger partial charge is 0.495 e. The zero-order chi connectivity index (χ0) is 25.0. The lowest BCUT2D eigenvalue weighted by Crippen LogP contribution is -2.44. The lowest BCUT2D eigenvalue weighted by molar-refractivity contribution is -0.125. The maximum absolute atomic E-state index is 13.3. The topological polar surface area (TPSA) is 121 Å². The minimum absolute atomic E-state index is 0.00686. The van der Waals surface area contributed by atoms with Gasteiger partial charge in [-0.3, -0.25) is 9.59 Å². The molecule has 3 aromatic rings.